The van der Waals surface area contributed by atoms with Crippen LogP contribution in [0.3, 0.4) is 0 Å². The van der Waals surface area contributed by atoms with Crippen molar-refractivity contribution in [2.24, 2.45) is 0 Å². The molecule has 0 radical (unpaired) electrons. The Morgan fingerprint density at radius 2 is 1.85 bits per heavy atom. The van der Waals surface area contributed by atoms with Crippen molar-refractivity contribution >= 4 is 37.5 Å². The molecule has 26 heavy (non-hydrogen) atoms. The third-order valence-electron chi connectivity index (χ3n) is 4.38. The van der Waals surface area contributed by atoms with Gasteiger partial charge < -0.3 is 10.3 Å². The van der Waals surface area contributed by atoms with Gasteiger partial charge in [0, 0.05) is 35.8 Å². The Kier molecular flexibility index (Phi) is 4.12. The standard InChI is InChI=1S/C20H19N3O2S/c1-26(24,25)17-7-8-19-15(13-17)6-9-20(23-19)21-11-10-16-12-14-4-2-3-5-18(14)22-16/h2-9,12-13,22H,10-11H2,1H3,(H,21,23). The van der Waals surface area contributed by atoms with Gasteiger partial charge in [-0.3, -0.25) is 0 Å². The molecule has 5 nitrogen and oxygen atoms in total. The third-order valence-corrected chi connectivity index (χ3v) is 5.49. The first-order valence-corrected chi connectivity index (χ1v) is 10.3. The second-order valence-corrected chi connectivity index (χ2v) is 8.40. The van der Waals surface area contributed by atoms with Crippen molar-refractivity contribution in [3.05, 3.63) is 66.4 Å². The fourth-order valence-corrected chi connectivity index (χ4v) is 3.68. The van der Waals surface area contributed by atoms with Crippen LogP contribution in [0.2, 0.25) is 0 Å². The number of H-pyrrole nitrogens is 1. The number of hydrogen-bond donors (Lipinski definition) is 2. The van der Waals surface area contributed by atoms with E-state index in [1.165, 1.54) is 17.3 Å². The molecule has 0 atom stereocenters. The Morgan fingerprint density at radius 1 is 1.00 bits per heavy atom. The molecule has 132 valence electrons. The fraction of sp³-hybridized carbons (Fsp3) is 0.150. The summed E-state index contributed by atoms with van der Waals surface area (Å²) in [4.78, 5) is 8.28. The summed E-state index contributed by atoms with van der Waals surface area (Å²) in [5.74, 6) is 0.778. The molecule has 2 heterocycles. The van der Waals surface area contributed by atoms with Gasteiger partial charge in [-0.1, -0.05) is 18.2 Å². The largest absolute Gasteiger partial charge is 0.370 e. The first kappa shape index (κ1) is 16.6. The zero-order valence-electron chi connectivity index (χ0n) is 14.4. The molecular weight excluding hydrogens is 346 g/mol. The summed E-state index contributed by atoms with van der Waals surface area (Å²) in [6, 6.07) is 19.2. The van der Waals surface area contributed by atoms with Gasteiger partial charge in [-0.2, -0.15) is 0 Å². The molecule has 0 fully saturated rings. The summed E-state index contributed by atoms with van der Waals surface area (Å²) in [6.07, 6.45) is 2.07. The highest BCUT2D eigenvalue weighted by atomic mass is 32.2. The van der Waals surface area contributed by atoms with Crippen molar-refractivity contribution in [3.63, 3.8) is 0 Å². The summed E-state index contributed by atoms with van der Waals surface area (Å²) in [5, 5.41) is 5.35. The number of aromatic amines is 1. The molecule has 2 aromatic carbocycles. The lowest BCUT2D eigenvalue weighted by Crippen LogP contribution is -2.06. The van der Waals surface area contributed by atoms with Crippen LogP contribution in [0.25, 0.3) is 21.8 Å². The van der Waals surface area contributed by atoms with Crippen molar-refractivity contribution < 1.29 is 8.42 Å². The molecule has 0 aliphatic rings. The molecular formula is C20H19N3O2S. The van der Waals surface area contributed by atoms with E-state index in [1.54, 1.807) is 18.2 Å². The van der Waals surface area contributed by atoms with Crippen LogP contribution < -0.4 is 5.32 Å². The van der Waals surface area contributed by atoms with E-state index >= 15 is 0 Å². The monoisotopic (exact) mass is 365 g/mol. The van der Waals surface area contributed by atoms with Crippen LogP contribution in [0, 0.1) is 0 Å². The van der Waals surface area contributed by atoms with Gasteiger partial charge in [0.2, 0.25) is 0 Å². The molecule has 0 unspecified atom stereocenters. The van der Waals surface area contributed by atoms with Crippen molar-refractivity contribution in [1.29, 1.82) is 0 Å². The molecule has 2 N–H and O–H groups in total. The van der Waals surface area contributed by atoms with Gasteiger partial charge in [-0.05, 0) is 47.9 Å². The Balaban J connectivity index is 1.47. The lowest BCUT2D eigenvalue weighted by atomic mass is 10.2. The van der Waals surface area contributed by atoms with Crippen LogP contribution in [-0.2, 0) is 16.3 Å². The number of para-hydroxylation sites is 1. The maximum Gasteiger partial charge on any atom is 0.175 e. The number of nitrogens with zero attached hydrogens (tertiary/aromatic N) is 1. The van der Waals surface area contributed by atoms with Crippen molar-refractivity contribution in [2.75, 3.05) is 18.1 Å². The first-order valence-electron chi connectivity index (χ1n) is 8.40. The van der Waals surface area contributed by atoms with Crippen LogP contribution in [0.4, 0.5) is 5.82 Å². The van der Waals surface area contributed by atoms with Crippen LogP contribution in [0.5, 0.6) is 0 Å². The number of aromatic nitrogens is 2. The third kappa shape index (κ3) is 3.41. The maximum absolute atomic E-state index is 11.6. The number of benzene rings is 2. The van der Waals surface area contributed by atoms with Crippen molar-refractivity contribution in [1.82, 2.24) is 9.97 Å². The molecule has 0 spiro atoms. The molecule has 6 heteroatoms. The Bertz CT molecular complexity index is 1160. The average molecular weight is 365 g/mol. The molecule has 0 bridgehead atoms. The zero-order chi connectivity index (χ0) is 18.1. The summed E-state index contributed by atoms with van der Waals surface area (Å²) in [6.45, 7) is 0.757. The fourth-order valence-electron chi connectivity index (χ4n) is 3.03. The molecule has 0 aliphatic heterocycles. The second-order valence-electron chi connectivity index (χ2n) is 6.38. The quantitative estimate of drug-likeness (QED) is 0.564. The van der Waals surface area contributed by atoms with Crippen molar-refractivity contribution in [2.45, 2.75) is 11.3 Å². The number of hydrogen-bond acceptors (Lipinski definition) is 4. The molecule has 4 aromatic rings. The summed E-state index contributed by atoms with van der Waals surface area (Å²) in [5.41, 5.74) is 3.10. The predicted octanol–water partition coefficient (Wildman–Crippen LogP) is 3.77. The van der Waals surface area contributed by atoms with E-state index in [1.807, 2.05) is 24.3 Å². The topological polar surface area (TPSA) is 74.8 Å². The van der Waals surface area contributed by atoms with E-state index in [0.717, 1.165) is 35.2 Å². The van der Waals surface area contributed by atoms with Crippen molar-refractivity contribution in [3.8, 4) is 0 Å². The van der Waals surface area contributed by atoms with Gasteiger partial charge in [0.05, 0.1) is 10.4 Å². The minimum absolute atomic E-state index is 0.311. The molecule has 0 saturated heterocycles. The van der Waals surface area contributed by atoms with Gasteiger partial charge in [0.15, 0.2) is 9.84 Å². The maximum atomic E-state index is 11.6. The van der Waals surface area contributed by atoms with E-state index in [2.05, 4.69) is 33.5 Å². The molecule has 0 amide bonds. The Morgan fingerprint density at radius 3 is 2.65 bits per heavy atom. The Hall–Kier alpha value is -2.86. The smallest absolute Gasteiger partial charge is 0.175 e. The normalized spacial score (nSPS) is 11.9. The minimum Gasteiger partial charge on any atom is -0.370 e. The summed E-state index contributed by atoms with van der Waals surface area (Å²) >= 11 is 0. The summed E-state index contributed by atoms with van der Waals surface area (Å²) in [7, 11) is -3.21. The highest BCUT2D eigenvalue weighted by Gasteiger charge is 2.08. The lowest BCUT2D eigenvalue weighted by Gasteiger charge is -2.07. The summed E-state index contributed by atoms with van der Waals surface area (Å²) < 4.78 is 23.3. The van der Waals surface area contributed by atoms with Gasteiger partial charge in [-0.25, -0.2) is 13.4 Å². The van der Waals surface area contributed by atoms with Gasteiger partial charge in [-0.15, -0.1) is 0 Å². The van der Waals surface area contributed by atoms with Crippen LogP contribution in [-0.4, -0.2) is 31.2 Å². The van der Waals surface area contributed by atoms with Gasteiger partial charge >= 0.3 is 0 Å². The minimum atomic E-state index is -3.21. The number of nitrogens with one attached hydrogen (secondary N) is 2. The molecule has 0 aliphatic carbocycles. The number of rotatable bonds is 5. The number of fused-ring (bicyclic) bond motifs is 2. The van der Waals surface area contributed by atoms with Crippen LogP contribution >= 0.6 is 0 Å². The zero-order valence-corrected chi connectivity index (χ0v) is 15.2. The number of pyridine rings is 1. The van der Waals surface area contributed by atoms with E-state index < -0.39 is 9.84 Å². The van der Waals surface area contributed by atoms with E-state index in [-0.39, 0.29) is 0 Å². The lowest BCUT2D eigenvalue weighted by molar-refractivity contribution is 0.602. The van der Waals surface area contributed by atoms with Crippen LogP contribution in [0.1, 0.15) is 5.69 Å². The predicted molar refractivity (Wildman–Crippen MR) is 105 cm³/mol. The average Bonchev–Trinajstić information content (AvgIpc) is 3.03. The van der Waals surface area contributed by atoms with Gasteiger partial charge in [0.25, 0.3) is 0 Å². The number of anilines is 1. The van der Waals surface area contributed by atoms with E-state index in [9.17, 15) is 8.42 Å². The van der Waals surface area contributed by atoms with Crippen LogP contribution in [0.15, 0.2) is 65.6 Å². The Labute approximate surface area is 152 Å². The highest BCUT2D eigenvalue weighted by Crippen LogP contribution is 2.20. The SMILES string of the molecule is CS(=O)(=O)c1ccc2nc(NCCc3cc4ccccc4[nH]3)ccc2c1. The second kappa shape index (κ2) is 6.46. The molecule has 2 aromatic heterocycles. The van der Waals surface area contributed by atoms with Gasteiger partial charge in [0.1, 0.15) is 5.82 Å². The first-order chi connectivity index (χ1) is 12.5. The van der Waals surface area contributed by atoms with E-state index in [0.29, 0.717) is 4.90 Å². The highest BCUT2D eigenvalue weighted by molar-refractivity contribution is 7.90. The molecule has 0 saturated carbocycles. The number of sulfone groups is 1. The van der Waals surface area contributed by atoms with E-state index in [4.69, 9.17) is 0 Å². The molecule has 4 rings (SSSR count).